The van der Waals surface area contributed by atoms with Crippen molar-refractivity contribution in [1.82, 2.24) is 0 Å². The molecule has 278 valence electrons. The first kappa shape index (κ1) is 38.3. The minimum absolute atomic E-state index is 0.0319. The fraction of sp³-hybridized carbons (Fsp3) is 0.0870. The van der Waals surface area contributed by atoms with Crippen molar-refractivity contribution in [2.45, 2.75) is 0 Å². The minimum Gasteiger partial charge on any atom is -0.492 e. The molecule has 0 aliphatic carbocycles. The van der Waals surface area contributed by atoms with E-state index in [9.17, 15) is 29.3 Å². The van der Waals surface area contributed by atoms with Crippen molar-refractivity contribution < 1.29 is 33.6 Å². The van der Waals surface area contributed by atoms with Gasteiger partial charge in [-0.15, -0.1) is 0 Å². The molecule has 0 aliphatic heterocycles. The zero-order valence-electron chi connectivity index (χ0n) is 30.2. The highest BCUT2D eigenvalue weighted by atomic mass is 16.6. The molecule has 6 aromatic rings. The third kappa shape index (κ3) is 10.1. The number of carbonyl (C=O) groups is 4. The molecule has 0 aromatic heterocycles. The summed E-state index contributed by atoms with van der Waals surface area (Å²) in [5.41, 5.74) is 3.91. The maximum absolute atomic E-state index is 12.8. The number of Topliss-reactive ketones (excluding diaryl/α,β-unsaturated/α-hetero) is 4. The van der Waals surface area contributed by atoms with Crippen molar-refractivity contribution in [3.8, 4) is 11.5 Å². The third-order valence-corrected chi connectivity index (χ3v) is 8.81. The summed E-state index contributed by atoms with van der Waals surface area (Å²) in [7, 11) is 0. The summed E-state index contributed by atoms with van der Waals surface area (Å²) in [6.07, 6.45) is 3.80. The molecule has 0 radical (unpaired) electrons. The molecule has 56 heavy (non-hydrogen) atoms. The number of nitrogens with zero attached hydrogens (tertiary/aromatic N) is 2. The van der Waals surface area contributed by atoms with Crippen molar-refractivity contribution in [1.29, 1.82) is 0 Å². The Balaban J connectivity index is 1.09. The Kier molecular flexibility index (Phi) is 12.7. The first-order chi connectivity index (χ1) is 27.2. The maximum Gasteiger partial charge on any atom is 0.269 e. The SMILES string of the molecule is O=C(C(=O)c1ccc(OCCN(CCOc2ccc(C(=O)C(=O)c3ccccc3)cc2)c2ccc(/C=C/c3ccc([N+](=O)[O-])cc3)cc2)cc1)c1ccccc1. The van der Waals surface area contributed by atoms with E-state index in [1.165, 1.54) is 12.1 Å². The molecule has 0 unspecified atom stereocenters. The molecule has 0 aliphatic rings. The van der Waals surface area contributed by atoms with Gasteiger partial charge >= 0.3 is 0 Å². The summed E-state index contributed by atoms with van der Waals surface area (Å²) in [4.78, 5) is 63.4. The fourth-order valence-electron chi connectivity index (χ4n) is 5.72. The van der Waals surface area contributed by atoms with E-state index in [2.05, 4.69) is 4.90 Å². The van der Waals surface area contributed by atoms with Crippen LogP contribution in [0, 0.1) is 10.1 Å². The Morgan fingerprint density at radius 2 is 0.839 bits per heavy atom. The number of nitro benzene ring substituents is 1. The number of hydrogen-bond donors (Lipinski definition) is 0. The monoisotopic (exact) mass is 744 g/mol. The number of benzene rings is 6. The van der Waals surface area contributed by atoms with Gasteiger partial charge in [-0.3, -0.25) is 29.3 Å². The normalized spacial score (nSPS) is 10.8. The number of anilines is 1. The van der Waals surface area contributed by atoms with Gasteiger partial charge in [0.25, 0.3) is 5.69 Å². The molecule has 0 fully saturated rings. The highest BCUT2D eigenvalue weighted by Crippen LogP contribution is 2.21. The van der Waals surface area contributed by atoms with Crippen LogP contribution in [0.2, 0.25) is 0 Å². The largest absolute Gasteiger partial charge is 0.492 e. The van der Waals surface area contributed by atoms with Gasteiger partial charge in [-0.25, -0.2) is 0 Å². The lowest BCUT2D eigenvalue weighted by Crippen LogP contribution is -2.32. The van der Waals surface area contributed by atoms with Gasteiger partial charge in [-0.05, 0) is 83.9 Å². The van der Waals surface area contributed by atoms with E-state index < -0.39 is 28.1 Å². The number of non-ortho nitro benzene ring substituents is 1. The van der Waals surface area contributed by atoms with Gasteiger partial charge in [0.05, 0.1) is 18.0 Å². The second-order valence-electron chi connectivity index (χ2n) is 12.6. The molecule has 10 nitrogen and oxygen atoms in total. The topological polar surface area (TPSA) is 133 Å². The number of hydrogen-bond acceptors (Lipinski definition) is 9. The molecule has 10 heteroatoms. The quantitative estimate of drug-likeness (QED) is 0.0278. The first-order valence-electron chi connectivity index (χ1n) is 17.8. The van der Waals surface area contributed by atoms with Crippen molar-refractivity contribution in [3.63, 3.8) is 0 Å². The molecule has 0 saturated heterocycles. The van der Waals surface area contributed by atoms with E-state index in [1.807, 2.05) is 36.4 Å². The van der Waals surface area contributed by atoms with Gasteiger partial charge in [0.15, 0.2) is 0 Å². The summed E-state index contributed by atoms with van der Waals surface area (Å²) in [6.45, 7) is 1.54. The zero-order chi connectivity index (χ0) is 39.3. The average Bonchev–Trinajstić information content (AvgIpc) is 3.25. The van der Waals surface area contributed by atoms with E-state index in [0.29, 0.717) is 48.9 Å². The highest BCUT2D eigenvalue weighted by molar-refractivity contribution is 6.49. The number of carbonyl (C=O) groups excluding carboxylic acids is 4. The van der Waals surface area contributed by atoms with Crippen LogP contribution < -0.4 is 14.4 Å². The van der Waals surface area contributed by atoms with Crippen LogP contribution in [0.3, 0.4) is 0 Å². The Bertz CT molecular complexity index is 2210. The number of nitro groups is 1. The van der Waals surface area contributed by atoms with Crippen LogP contribution in [0.15, 0.2) is 158 Å². The molecular formula is C46H36N2O8. The maximum atomic E-state index is 12.8. The van der Waals surface area contributed by atoms with Gasteiger partial charge in [0.1, 0.15) is 24.7 Å². The van der Waals surface area contributed by atoms with Crippen molar-refractivity contribution in [2.75, 3.05) is 31.2 Å². The molecule has 0 saturated carbocycles. The van der Waals surface area contributed by atoms with Crippen LogP contribution in [0.4, 0.5) is 11.4 Å². The lowest BCUT2D eigenvalue weighted by atomic mass is 10.0. The van der Waals surface area contributed by atoms with Crippen LogP contribution in [0.25, 0.3) is 12.2 Å². The van der Waals surface area contributed by atoms with Crippen molar-refractivity contribution in [3.05, 3.63) is 201 Å². The van der Waals surface area contributed by atoms with Crippen molar-refractivity contribution in [2.24, 2.45) is 0 Å². The van der Waals surface area contributed by atoms with Crippen LogP contribution in [-0.4, -0.2) is 54.4 Å². The first-order valence-corrected chi connectivity index (χ1v) is 17.8. The Hall–Kier alpha value is -7.46. The Labute approximate surface area is 323 Å². The second kappa shape index (κ2) is 18.5. The van der Waals surface area contributed by atoms with Gasteiger partial charge in [-0.2, -0.15) is 0 Å². The lowest BCUT2D eigenvalue weighted by molar-refractivity contribution is -0.384. The van der Waals surface area contributed by atoms with E-state index in [4.69, 9.17) is 9.47 Å². The van der Waals surface area contributed by atoms with Gasteiger partial charge in [0.2, 0.25) is 23.1 Å². The highest BCUT2D eigenvalue weighted by Gasteiger charge is 2.19. The Morgan fingerprint density at radius 3 is 1.21 bits per heavy atom. The molecule has 0 bridgehead atoms. The number of ketones is 4. The summed E-state index contributed by atoms with van der Waals surface area (Å²) in [6, 6.07) is 43.9. The van der Waals surface area contributed by atoms with Crippen molar-refractivity contribution >= 4 is 46.7 Å². The van der Waals surface area contributed by atoms with Gasteiger partial charge < -0.3 is 14.4 Å². The number of rotatable bonds is 18. The summed E-state index contributed by atoms with van der Waals surface area (Å²) in [5.74, 6) is -1.27. The standard InChI is InChI=1S/C46H36N2O8/c49-43(35-7-3-1-4-8-35)45(51)37-17-25-41(26-18-37)55-31-29-47(39-21-13-33(14-22-39)11-12-34-15-23-40(24-16-34)48(53)54)30-32-56-42-27-19-38(20-28-42)46(52)44(50)36-9-5-2-6-10-36/h1-28H,29-32H2/b12-11+. The fourth-order valence-corrected chi connectivity index (χ4v) is 5.72. The molecule has 0 heterocycles. The molecule has 0 amide bonds. The van der Waals surface area contributed by atoms with E-state index in [-0.39, 0.29) is 16.8 Å². The summed E-state index contributed by atoms with van der Waals surface area (Å²) >= 11 is 0. The Morgan fingerprint density at radius 1 is 0.482 bits per heavy atom. The second-order valence-corrected chi connectivity index (χ2v) is 12.6. The van der Waals surface area contributed by atoms with E-state index >= 15 is 0 Å². The third-order valence-electron chi connectivity index (χ3n) is 8.81. The van der Waals surface area contributed by atoms with Crippen LogP contribution in [0.1, 0.15) is 52.6 Å². The molecule has 0 spiro atoms. The predicted molar refractivity (Wildman–Crippen MR) is 215 cm³/mol. The lowest BCUT2D eigenvalue weighted by Gasteiger charge is -2.25. The van der Waals surface area contributed by atoms with Gasteiger partial charge in [0, 0.05) is 40.1 Å². The summed E-state index contributed by atoms with van der Waals surface area (Å²) in [5, 5.41) is 11.0. The smallest absolute Gasteiger partial charge is 0.269 e. The molecule has 6 aromatic carbocycles. The predicted octanol–water partition coefficient (Wildman–Crippen LogP) is 8.86. The zero-order valence-corrected chi connectivity index (χ0v) is 30.2. The average molecular weight is 745 g/mol. The van der Waals surface area contributed by atoms with E-state index in [1.54, 1.807) is 121 Å². The van der Waals surface area contributed by atoms with Crippen LogP contribution in [-0.2, 0) is 0 Å². The molecule has 0 N–H and O–H groups in total. The summed E-state index contributed by atoms with van der Waals surface area (Å²) < 4.78 is 12.1. The molecule has 0 atom stereocenters. The minimum atomic E-state index is -0.595. The van der Waals surface area contributed by atoms with Gasteiger partial charge in [-0.1, -0.05) is 84.9 Å². The van der Waals surface area contributed by atoms with Crippen LogP contribution >= 0.6 is 0 Å². The van der Waals surface area contributed by atoms with Crippen LogP contribution in [0.5, 0.6) is 11.5 Å². The molecular weight excluding hydrogens is 709 g/mol. The van der Waals surface area contributed by atoms with E-state index in [0.717, 1.165) is 16.8 Å². The molecule has 6 rings (SSSR count). The number of ether oxygens (including phenoxy) is 2.